The first-order chi connectivity index (χ1) is 13.6. The maximum absolute atomic E-state index is 13.1. The fourth-order valence-corrected chi connectivity index (χ4v) is 3.68. The molecule has 2 heterocycles. The lowest BCUT2D eigenvalue weighted by Gasteiger charge is -2.08. The van der Waals surface area contributed by atoms with E-state index in [0.29, 0.717) is 17.1 Å². The molecule has 0 aliphatic carbocycles. The summed E-state index contributed by atoms with van der Waals surface area (Å²) in [5, 5.41) is 9.16. The van der Waals surface area contributed by atoms with Gasteiger partial charge in [-0.1, -0.05) is 12.1 Å². The molecule has 0 unspecified atom stereocenters. The van der Waals surface area contributed by atoms with Crippen molar-refractivity contribution in [2.75, 3.05) is 13.1 Å². The lowest BCUT2D eigenvalue weighted by Crippen LogP contribution is -2.40. The van der Waals surface area contributed by atoms with Crippen molar-refractivity contribution in [3.8, 4) is 0 Å². The summed E-state index contributed by atoms with van der Waals surface area (Å²) in [7, 11) is 0. The average molecular weight is 428 g/mol. The molecule has 3 aromatic rings. The number of alkyl halides is 3. The molecule has 2 amide bonds. The quantitative estimate of drug-likeness (QED) is 0.593. The standard InChI is InChI=1S/C18H16F4N4O2S/c1-10-13-6-14(16(28)23-7-15(27)24-9-18(20,21)22)29-17(13)26(25-10)8-11-2-4-12(19)5-3-11/h2-6H,7-9H2,1H3,(H,23,28)(H,24,27). The third-order valence-corrected chi connectivity index (χ3v) is 5.12. The highest BCUT2D eigenvalue weighted by molar-refractivity contribution is 7.20. The van der Waals surface area contributed by atoms with Gasteiger partial charge in [-0.2, -0.15) is 18.3 Å². The van der Waals surface area contributed by atoms with Crippen LogP contribution in [0.15, 0.2) is 30.3 Å². The summed E-state index contributed by atoms with van der Waals surface area (Å²) in [6.07, 6.45) is -4.51. The van der Waals surface area contributed by atoms with Crippen molar-refractivity contribution in [3.05, 3.63) is 52.3 Å². The molecule has 3 rings (SSSR count). The van der Waals surface area contributed by atoms with Gasteiger partial charge in [-0.3, -0.25) is 14.3 Å². The van der Waals surface area contributed by atoms with Gasteiger partial charge in [0.25, 0.3) is 5.91 Å². The molecule has 154 valence electrons. The number of hydrogen-bond acceptors (Lipinski definition) is 4. The Labute approximate surface area is 166 Å². The van der Waals surface area contributed by atoms with Gasteiger partial charge in [0.1, 0.15) is 17.2 Å². The van der Waals surface area contributed by atoms with Crippen LogP contribution in [0.3, 0.4) is 0 Å². The molecular formula is C18H16F4N4O2S. The number of aryl methyl sites for hydroxylation is 1. The van der Waals surface area contributed by atoms with E-state index in [4.69, 9.17) is 0 Å². The molecule has 6 nitrogen and oxygen atoms in total. The van der Waals surface area contributed by atoms with Crippen LogP contribution in [-0.4, -0.2) is 40.9 Å². The molecule has 1 aromatic carbocycles. The zero-order valence-electron chi connectivity index (χ0n) is 15.1. The van der Waals surface area contributed by atoms with Crippen LogP contribution in [0.25, 0.3) is 10.2 Å². The fourth-order valence-electron chi connectivity index (χ4n) is 2.60. The van der Waals surface area contributed by atoms with Crippen molar-refractivity contribution >= 4 is 33.4 Å². The van der Waals surface area contributed by atoms with Gasteiger partial charge < -0.3 is 10.6 Å². The molecule has 0 radical (unpaired) electrons. The largest absolute Gasteiger partial charge is 0.405 e. The SMILES string of the molecule is Cc1nn(Cc2ccc(F)cc2)c2sc(C(=O)NCC(=O)NCC(F)(F)F)cc12. The number of amides is 2. The lowest BCUT2D eigenvalue weighted by molar-refractivity contribution is -0.137. The van der Waals surface area contributed by atoms with Crippen molar-refractivity contribution in [2.45, 2.75) is 19.6 Å². The fraction of sp³-hybridized carbons (Fsp3) is 0.278. The number of rotatable bonds is 6. The predicted octanol–water partition coefficient (Wildman–Crippen LogP) is 3.00. The predicted molar refractivity (Wildman–Crippen MR) is 99.2 cm³/mol. The van der Waals surface area contributed by atoms with Gasteiger partial charge in [0.15, 0.2) is 0 Å². The Kier molecular flexibility index (Phi) is 5.87. The van der Waals surface area contributed by atoms with E-state index in [-0.39, 0.29) is 5.82 Å². The van der Waals surface area contributed by atoms with E-state index in [1.54, 1.807) is 35.1 Å². The number of carbonyl (C=O) groups excluding carboxylic acids is 2. The topological polar surface area (TPSA) is 76.0 Å². The minimum absolute atomic E-state index is 0.303. The molecule has 2 N–H and O–H groups in total. The maximum atomic E-state index is 13.1. The van der Waals surface area contributed by atoms with Crippen LogP contribution in [0.1, 0.15) is 20.9 Å². The van der Waals surface area contributed by atoms with E-state index < -0.39 is 31.1 Å². The molecule has 0 spiro atoms. The van der Waals surface area contributed by atoms with Crippen LogP contribution >= 0.6 is 11.3 Å². The van der Waals surface area contributed by atoms with Gasteiger partial charge in [-0.25, -0.2) is 4.39 Å². The van der Waals surface area contributed by atoms with Crippen molar-refractivity contribution in [1.82, 2.24) is 20.4 Å². The smallest absolute Gasteiger partial charge is 0.345 e. The zero-order chi connectivity index (χ0) is 21.2. The lowest BCUT2D eigenvalue weighted by atomic mass is 10.2. The summed E-state index contributed by atoms with van der Waals surface area (Å²) in [6.45, 7) is 0.140. The number of hydrogen-bond donors (Lipinski definition) is 2. The molecule has 0 fully saturated rings. The second-order valence-corrected chi connectivity index (χ2v) is 7.30. The van der Waals surface area contributed by atoms with E-state index >= 15 is 0 Å². The molecule has 0 aliphatic rings. The summed E-state index contributed by atoms with van der Waals surface area (Å²) >= 11 is 1.15. The zero-order valence-corrected chi connectivity index (χ0v) is 16.0. The Morgan fingerprint density at radius 2 is 1.86 bits per heavy atom. The van der Waals surface area contributed by atoms with Crippen molar-refractivity contribution < 1.29 is 27.2 Å². The molecule has 0 saturated heterocycles. The molecule has 2 aromatic heterocycles. The second-order valence-electron chi connectivity index (χ2n) is 6.27. The molecular weight excluding hydrogens is 412 g/mol. The monoisotopic (exact) mass is 428 g/mol. The number of nitrogens with one attached hydrogen (secondary N) is 2. The first kappa shape index (κ1) is 20.8. The summed E-state index contributed by atoms with van der Waals surface area (Å²) < 4.78 is 51.0. The Balaban J connectivity index is 1.68. The highest BCUT2D eigenvalue weighted by Gasteiger charge is 2.27. The van der Waals surface area contributed by atoms with E-state index in [2.05, 4.69) is 10.4 Å². The second kappa shape index (κ2) is 8.19. The Hall–Kier alpha value is -2.95. The third-order valence-electron chi connectivity index (χ3n) is 3.97. The number of halogens is 4. The first-order valence-electron chi connectivity index (χ1n) is 8.45. The molecule has 0 atom stereocenters. The number of carbonyl (C=O) groups is 2. The van der Waals surface area contributed by atoms with E-state index in [0.717, 1.165) is 27.1 Å². The molecule has 0 aliphatic heterocycles. The highest BCUT2D eigenvalue weighted by Crippen LogP contribution is 2.28. The Morgan fingerprint density at radius 1 is 1.17 bits per heavy atom. The van der Waals surface area contributed by atoms with Crippen LogP contribution < -0.4 is 10.6 Å². The number of thiophene rings is 1. The number of nitrogens with zero attached hydrogens (tertiary/aromatic N) is 2. The van der Waals surface area contributed by atoms with E-state index in [1.165, 1.54) is 12.1 Å². The minimum atomic E-state index is -4.51. The number of aromatic nitrogens is 2. The van der Waals surface area contributed by atoms with Crippen molar-refractivity contribution in [1.29, 1.82) is 0 Å². The van der Waals surface area contributed by atoms with Gasteiger partial charge in [-0.05, 0) is 30.7 Å². The highest BCUT2D eigenvalue weighted by atomic mass is 32.1. The van der Waals surface area contributed by atoms with Gasteiger partial charge in [0, 0.05) is 5.39 Å². The summed E-state index contributed by atoms with van der Waals surface area (Å²) in [6, 6.07) is 7.59. The minimum Gasteiger partial charge on any atom is -0.345 e. The molecule has 29 heavy (non-hydrogen) atoms. The Bertz CT molecular complexity index is 1040. The maximum Gasteiger partial charge on any atom is 0.405 e. The molecule has 0 saturated carbocycles. The molecule has 11 heteroatoms. The summed E-state index contributed by atoms with van der Waals surface area (Å²) in [5.41, 5.74) is 1.52. The average Bonchev–Trinajstić information content (AvgIpc) is 3.21. The van der Waals surface area contributed by atoms with Crippen LogP contribution in [-0.2, 0) is 11.3 Å². The van der Waals surface area contributed by atoms with Crippen LogP contribution in [0.2, 0.25) is 0 Å². The van der Waals surface area contributed by atoms with Crippen LogP contribution in [0, 0.1) is 12.7 Å². The summed E-state index contributed by atoms with van der Waals surface area (Å²) in [4.78, 5) is 24.7. The van der Waals surface area contributed by atoms with Crippen molar-refractivity contribution in [3.63, 3.8) is 0 Å². The number of benzene rings is 1. The van der Waals surface area contributed by atoms with Crippen molar-refractivity contribution in [2.24, 2.45) is 0 Å². The third kappa shape index (κ3) is 5.31. The number of fused-ring (bicyclic) bond motifs is 1. The first-order valence-corrected chi connectivity index (χ1v) is 9.27. The van der Waals surface area contributed by atoms with Gasteiger partial charge in [0.05, 0.1) is 23.7 Å². The Morgan fingerprint density at radius 3 is 2.52 bits per heavy atom. The van der Waals surface area contributed by atoms with Gasteiger partial charge in [-0.15, -0.1) is 11.3 Å². The normalized spacial score (nSPS) is 11.6. The van der Waals surface area contributed by atoms with E-state index in [9.17, 15) is 27.2 Å². The van der Waals surface area contributed by atoms with Gasteiger partial charge in [0.2, 0.25) is 5.91 Å². The van der Waals surface area contributed by atoms with Crippen LogP contribution in [0.4, 0.5) is 17.6 Å². The van der Waals surface area contributed by atoms with Crippen LogP contribution in [0.5, 0.6) is 0 Å². The van der Waals surface area contributed by atoms with E-state index in [1.807, 2.05) is 0 Å². The molecule has 0 bridgehead atoms. The van der Waals surface area contributed by atoms with Gasteiger partial charge >= 0.3 is 6.18 Å². The summed E-state index contributed by atoms with van der Waals surface area (Å²) in [5.74, 6) is -1.85.